The second kappa shape index (κ2) is 9.36. The highest BCUT2D eigenvalue weighted by molar-refractivity contribution is 7.16. The molecule has 8 heteroatoms. The number of hydrogen-bond acceptors (Lipinski definition) is 7. The summed E-state index contributed by atoms with van der Waals surface area (Å²) < 4.78 is 5.89. The summed E-state index contributed by atoms with van der Waals surface area (Å²) in [6.45, 7) is 3.35. The zero-order valence-corrected chi connectivity index (χ0v) is 18.9. The first kappa shape index (κ1) is 21.1. The predicted octanol–water partition coefficient (Wildman–Crippen LogP) is 4.68. The Balaban J connectivity index is 1.31. The summed E-state index contributed by atoms with van der Waals surface area (Å²) >= 11 is 2.71. The van der Waals surface area contributed by atoms with Gasteiger partial charge in [-0.3, -0.25) is 9.78 Å². The minimum Gasteiger partial charge on any atom is -0.494 e. The van der Waals surface area contributed by atoms with Crippen molar-refractivity contribution in [3.05, 3.63) is 79.6 Å². The van der Waals surface area contributed by atoms with Gasteiger partial charge in [-0.2, -0.15) is 0 Å². The Kier molecular flexibility index (Phi) is 6.39. The third-order valence-electron chi connectivity index (χ3n) is 4.84. The van der Waals surface area contributed by atoms with Gasteiger partial charge in [0.15, 0.2) is 5.13 Å². The highest BCUT2D eigenvalue weighted by atomic mass is 32.1. The van der Waals surface area contributed by atoms with Gasteiger partial charge in [-0.15, -0.1) is 11.3 Å². The van der Waals surface area contributed by atoms with Gasteiger partial charge >= 0.3 is 4.87 Å². The topological polar surface area (TPSA) is 78.5 Å². The number of rotatable bonds is 8. The first-order chi connectivity index (χ1) is 15.0. The molecule has 0 bridgehead atoms. The number of ether oxygens (including phenoxy) is 1. The second-order valence-electron chi connectivity index (χ2n) is 7.14. The number of aromatic hydroxyl groups is 1. The zero-order chi connectivity index (χ0) is 21.8. The van der Waals surface area contributed by atoms with Crippen molar-refractivity contribution in [3.63, 3.8) is 0 Å². The minimum atomic E-state index is -0.247. The van der Waals surface area contributed by atoms with Crippen molar-refractivity contribution in [1.82, 2.24) is 9.97 Å². The van der Waals surface area contributed by atoms with Crippen molar-refractivity contribution in [3.8, 4) is 22.9 Å². The highest BCUT2D eigenvalue weighted by Gasteiger charge is 2.13. The van der Waals surface area contributed by atoms with E-state index >= 15 is 0 Å². The standard InChI is InChI=1S/C23H23N3O3S2/c1-15-20(17-6-4-3-5-7-17)24-22(30-15)26(2)12-13-29-18-10-8-16(9-11-18)14-19-21(27)25-23(28)31-19/h3-11,27H,12-14H2,1-2H3,(H,25,28). The van der Waals surface area contributed by atoms with Gasteiger partial charge in [0.1, 0.15) is 12.4 Å². The lowest BCUT2D eigenvalue weighted by molar-refractivity contribution is 0.326. The van der Waals surface area contributed by atoms with Crippen LogP contribution in [0, 0.1) is 6.92 Å². The van der Waals surface area contributed by atoms with Crippen molar-refractivity contribution in [2.24, 2.45) is 0 Å². The fourth-order valence-electron chi connectivity index (χ4n) is 3.17. The third kappa shape index (κ3) is 5.15. The van der Waals surface area contributed by atoms with Crippen molar-refractivity contribution >= 4 is 27.8 Å². The molecular weight excluding hydrogens is 430 g/mol. The van der Waals surface area contributed by atoms with Crippen LogP contribution in [0.15, 0.2) is 59.4 Å². The van der Waals surface area contributed by atoms with Gasteiger partial charge in [-0.1, -0.05) is 53.8 Å². The van der Waals surface area contributed by atoms with Crippen LogP contribution in [-0.4, -0.2) is 35.3 Å². The fraction of sp³-hybridized carbons (Fsp3) is 0.217. The number of anilines is 1. The van der Waals surface area contributed by atoms with Crippen LogP contribution in [0.5, 0.6) is 11.6 Å². The molecule has 2 heterocycles. The average molecular weight is 454 g/mol. The number of hydrogen-bond donors (Lipinski definition) is 2. The maximum atomic E-state index is 11.3. The molecule has 0 aliphatic carbocycles. The normalized spacial score (nSPS) is 10.9. The van der Waals surface area contributed by atoms with Gasteiger partial charge in [-0.05, 0) is 24.6 Å². The van der Waals surface area contributed by atoms with Crippen LogP contribution in [0.1, 0.15) is 15.3 Å². The minimum absolute atomic E-state index is 0.0498. The Hall–Kier alpha value is -3.10. The van der Waals surface area contributed by atoms with E-state index in [2.05, 4.69) is 28.9 Å². The van der Waals surface area contributed by atoms with E-state index < -0.39 is 0 Å². The van der Waals surface area contributed by atoms with Gasteiger partial charge in [0.2, 0.25) is 5.88 Å². The molecule has 0 fully saturated rings. The van der Waals surface area contributed by atoms with Crippen LogP contribution in [0.25, 0.3) is 11.3 Å². The van der Waals surface area contributed by atoms with Gasteiger partial charge in [-0.25, -0.2) is 4.98 Å². The maximum absolute atomic E-state index is 11.3. The van der Waals surface area contributed by atoms with E-state index in [4.69, 9.17) is 9.72 Å². The Labute approximate surface area is 188 Å². The molecule has 0 aliphatic rings. The molecule has 2 aromatic heterocycles. The van der Waals surface area contributed by atoms with Crippen LogP contribution in [0.4, 0.5) is 5.13 Å². The Morgan fingerprint density at radius 1 is 1.10 bits per heavy atom. The number of benzene rings is 2. The molecule has 0 radical (unpaired) electrons. The lowest BCUT2D eigenvalue weighted by Crippen LogP contribution is -2.23. The molecule has 160 valence electrons. The average Bonchev–Trinajstić information content (AvgIpc) is 3.31. The summed E-state index contributed by atoms with van der Waals surface area (Å²) in [5.74, 6) is 0.732. The number of nitrogens with one attached hydrogen (secondary N) is 1. The molecule has 2 aromatic carbocycles. The molecule has 0 saturated carbocycles. The SMILES string of the molecule is Cc1sc(N(C)CCOc2ccc(Cc3sc(=O)[nH]c3O)cc2)nc1-c1ccccc1. The van der Waals surface area contributed by atoms with Crippen molar-refractivity contribution in [2.75, 3.05) is 25.1 Å². The molecule has 31 heavy (non-hydrogen) atoms. The van der Waals surface area contributed by atoms with Gasteiger partial charge in [0.05, 0.1) is 17.1 Å². The number of likely N-dealkylation sites (N-methyl/N-ethyl adjacent to an activating group) is 1. The molecule has 0 unspecified atom stereocenters. The van der Waals surface area contributed by atoms with Crippen LogP contribution in [0.3, 0.4) is 0 Å². The van der Waals surface area contributed by atoms with Crippen LogP contribution in [0.2, 0.25) is 0 Å². The molecule has 0 amide bonds. The fourth-order valence-corrected chi connectivity index (χ4v) is 4.84. The first-order valence-corrected chi connectivity index (χ1v) is 11.5. The van der Waals surface area contributed by atoms with E-state index in [9.17, 15) is 9.90 Å². The smallest absolute Gasteiger partial charge is 0.307 e. The molecule has 0 saturated heterocycles. The van der Waals surface area contributed by atoms with E-state index in [1.54, 1.807) is 11.3 Å². The number of H-pyrrole nitrogens is 1. The largest absolute Gasteiger partial charge is 0.494 e. The van der Waals surface area contributed by atoms with Crippen molar-refractivity contribution in [2.45, 2.75) is 13.3 Å². The summed E-state index contributed by atoms with van der Waals surface area (Å²) in [4.78, 5) is 22.2. The van der Waals surface area contributed by atoms with Crippen LogP contribution < -0.4 is 14.5 Å². The summed E-state index contributed by atoms with van der Waals surface area (Å²) in [6.07, 6.45) is 0.505. The number of aromatic amines is 1. The highest BCUT2D eigenvalue weighted by Crippen LogP contribution is 2.31. The molecule has 6 nitrogen and oxygen atoms in total. The maximum Gasteiger partial charge on any atom is 0.307 e. The molecule has 0 atom stereocenters. The lowest BCUT2D eigenvalue weighted by atomic mass is 10.1. The predicted molar refractivity (Wildman–Crippen MR) is 127 cm³/mol. The van der Waals surface area contributed by atoms with Crippen molar-refractivity contribution < 1.29 is 9.84 Å². The molecule has 2 N–H and O–H groups in total. The van der Waals surface area contributed by atoms with Gasteiger partial charge in [0.25, 0.3) is 0 Å². The van der Waals surface area contributed by atoms with E-state index in [1.165, 1.54) is 4.88 Å². The van der Waals surface area contributed by atoms with Crippen LogP contribution in [-0.2, 0) is 6.42 Å². The number of aryl methyl sites for hydroxylation is 1. The summed E-state index contributed by atoms with van der Waals surface area (Å²) in [6, 6.07) is 17.9. The second-order valence-corrected chi connectivity index (χ2v) is 9.39. The number of aromatic nitrogens is 2. The first-order valence-electron chi connectivity index (χ1n) is 9.86. The monoisotopic (exact) mass is 453 g/mol. The molecule has 4 aromatic rings. The molecular formula is C23H23N3O3S2. The zero-order valence-electron chi connectivity index (χ0n) is 17.3. The molecule has 0 aliphatic heterocycles. The van der Waals surface area contributed by atoms with E-state index in [0.717, 1.165) is 39.0 Å². The summed E-state index contributed by atoms with van der Waals surface area (Å²) in [5, 5.41) is 10.7. The number of thiazole rings is 2. The van der Waals surface area contributed by atoms with E-state index in [0.29, 0.717) is 24.4 Å². The summed E-state index contributed by atoms with van der Waals surface area (Å²) in [7, 11) is 2.02. The molecule has 4 rings (SSSR count). The van der Waals surface area contributed by atoms with E-state index in [-0.39, 0.29) is 10.8 Å². The van der Waals surface area contributed by atoms with Gasteiger partial charge in [0, 0.05) is 23.9 Å². The molecule has 0 spiro atoms. The Bertz CT molecular complexity index is 1200. The third-order valence-corrected chi connectivity index (χ3v) is 6.80. The van der Waals surface area contributed by atoms with Crippen LogP contribution >= 0.6 is 22.7 Å². The van der Waals surface area contributed by atoms with E-state index in [1.807, 2.05) is 49.5 Å². The quantitative estimate of drug-likeness (QED) is 0.405. The van der Waals surface area contributed by atoms with Crippen molar-refractivity contribution in [1.29, 1.82) is 0 Å². The van der Waals surface area contributed by atoms with Gasteiger partial charge < -0.3 is 14.7 Å². The Morgan fingerprint density at radius 2 is 1.84 bits per heavy atom. The number of nitrogens with zero attached hydrogens (tertiary/aromatic N) is 2. The summed E-state index contributed by atoms with van der Waals surface area (Å²) in [5.41, 5.74) is 3.16. The Morgan fingerprint density at radius 3 is 2.52 bits per heavy atom. The lowest BCUT2D eigenvalue weighted by Gasteiger charge is -2.16.